The summed E-state index contributed by atoms with van der Waals surface area (Å²) in [6.07, 6.45) is 0.416. The lowest BCUT2D eigenvalue weighted by Gasteiger charge is -2.38. The third kappa shape index (κ3) is 6.08. The number of azide groups is 1. The number of aliphatic hydroxyl groups is 1. The standard InChI is InChI=1S/C15H31N3O3Si/c1-11(2)9-12(17-18-16)13(19)15(6,20)10-21-22(7,8)14(3,4)5/h11-12,20H,9-10H2,1-8H3. The Bertz CT molecular complexity index is 436. The van der Waals surface area contributed by atoms with Crippen molar-refractivity contribution in [2.24, 2.45) is 11.0 Å². The van der Waals surface area contributed by atoms with Crippen LogP contribution in [0.25, 0.3) is 10.4 Å². The van der Waals surface area contributed by atoms with Crippen molar-refractivity contribution in [1.29, 1.82) is 0 Å². The van der Waals surface area contributed by atoms with Crippen LogP contribution in [0.5, 0.6) is 0 Å². The first-order valence-electron chi connectivity index (χ1n) is 7.69. The predicted octanol–water partition coefficient (Wildman–Crippen LogP) is 4.05. The summed E-state index contributed by atoms with van der Waals surface area (Å²) in [5, 5.41) is 14.0. The molecule has 0 aliphatic heterocycles. The Labute approximate surface area is 135 Å². The molecule has 0 rings (SSSR count). The largest absolute Gasteiger partial charge is 0.413 e. The number of hydrogen-bond acceptors (Lipinski definition) is 4. The zero-order chi connectivity index (χ0) is 17.8. The number of rotatable bonds is 8. The lowest BCUT2D eigenvalue weighted by molar-refractivity contribution is -0.140. The fraction of sp³-hybridized carbons (Fsp3) is 0.933. The Hall–Kier alpha value is -0.883. The minimum absolute atomic E-state index is 0.00569. The molecule has 6 nitrogen and oxygen atoms in total. The van der Waals surface area contributed by atoms with Crippen molar-refractivity contribution in [3.63, 3.8) is 0 Å². The molecule has 128 valence electrons. The summed E-state index contributed by atoms with van der Waals surface area (Å²) in [6.45, 7) is 15.6. The van der Waals surface area contributed by atoms with Gasteiger partial charge in [0, 0.05) is 4.91 Å². The third-order valence-electron chi connectivity index (χ3n) is 4.24. The van der Waals surface area contributed by atoms with E-state index in [9.17, 15) is 9.90 Å². The monoisotopic (exact) mass is 329 g/mol. The van der Waals surface area contributed by atoms with Gasteiger partial charge >= 0.3 is 0 Å². The summed E-state index contributed by atoms with van der Waals surface area (Å²) in [7, 11) is -2.06. The molecule has 0 aromatic rings. The highest BCUT2D eigenvalue weighted by molar-refractivity contribution is 6.74. The van der Waals surface area contributed by atoms with Gasteiger partial charge in [-0.1, -0.05) is 39.7 Å². The van der Waals surface area contributed by atoms with Crippen molar-refractivity contribution in [2.45, 2.75) is 77.7 Å². The van der Waals surface area contributed by atoms with E-state index >= 15 is 0 Å². The van der Waals surface area contributed by atoms with Crippen LogP contribution in [0, 0.1) is 5.92 Å². The van der Waals surface area contributed by atoms with E-state index in [1.807, 2.05) is 13.8 Å². The number of carbonyl (C=O) groups excluding carboxylic acids is 1. The molecule has 1 N–H and O–H groups in total. The minimum Gasteiger partial charge on any atom is -0.413 e. The fourth-order valence-electron chi connectivity index (χ4n) is 1.68. The SMILES string of the molecule is CC(C)CC(N=[N+]=[N-])C(=O)C(C)(O)CO[Si](C)(C)C(C)(C)C. The lowest BCUT2D eigenvalue weighted by Crippen LogP contribution is -2.50. The van der Waals surface area contributed by atoms with Crippen molar-refractivity contribution in [1.82, 2.24) is 0 Å². The Balaban J connectivity index is 5.05. The Morgan fingerprint density at radius 2 is 1.82 bits per heavy atom. The molecule has 0 aromatic heterocycles. The Morgan fingerprint density at radius 1 is 1.32 bits per heavy atom. The van der Waals surface area contributed by atoms with Gasteiger partial charge in [-0.15, -0.1) is 0 Å². The topological polar surface area (TPSA) is 95.3 Å². The molecular formula is C15H31N3O3Si. The molecule has 0 heterocycles. The van der Waals surface area contributed by atoms with Crippen LogP contribution in [0.1, 0.15) is 48.0 Å². The highest BCUT2D eigenvalue weighted by Crippen LogP contribution is 2.37. The average molecular weight is 330 g/mol. The summed E-state index contributed by atoms with van der Waals surface area (Å²) in [5.74, 6) is -0.283. The molecule has 2 unspecified atom stereocenters. The second-order valence-electron chi connectivity index (χ2n) is 8.04. The quantitative estimate of drug-likeness (QED) is 0.315. The number of carbonyl (C=O) groups is 1. The molecule has 0 radical (unpaired) electrons. The molecule has 0 aliphatic carbocycles. The van der Waals surface area contributed by atoms with E-state index in [4.69, 9.17) is 9.96 Å². The van der Waals surface area contributed by atoms with Gasteiger partial charge in [-0.25, -0.2) is 0 Å². The second-order valence-corrected chi connectivity index (χ2v) is 12.8. The first-order chi connectivity index (χ1) is 9.74. The first-order valence-corrected chi connectivity index (χ1v) is 10.6. The van der Waals surface area contributed by atoms with Gasteiger partial charge in [-0.3, -0.25) is 4.79 Å². The van der Waals surface area contributed by atoms with Crippen LogP contribution >= 0.6 is 0 Å². The van der Waals surface area contributed by atoms with Crippen LogP contribution < -0.4 is 0 Å². The summed E-state index contributed by atoms with van der Waals surface area (Å²) in [6, 6.07) is -0.858. The van der Waals surface area contributed by atoms with Gasteiger partial charge in [0.15, 0.2) is 14.1 Å². The van der Waals surface area contributed by atoms with Crippen LogP contribution in [-0.2, 0) is 9.22 Å². The molecule has 0 spiro atoms. The van der Waals surface area contributed by atoms with E-state index in [0.29, 0.717) is 6.42 Å². The molecule has 0 fully saturated rings. The van der Waals surface area contributed by atoms with Crippen molar-refractivity contribution in [3.05, 3.63) is 10.4 Å². The molecule has 0 saturated carbocycles. The summed E-state index contributed by atoms with van der Waals surface area (Å²) in [4.78, 5) is 15.2. The maximum absolute atomic E-state index is 12.5. The van der Waals surface area contributed by atoms with Gasteiger partial charge in [0.25, 0.3) is 0 Å². The number of Topliss-reactive ketones (excluding diaryl/α,β-unsaturated/α-hetero) is 1. The van der Waals surface area contributed by atoms with Gasteiger partial charge in [-0.2, -0.15) is 0 Å². The highest BCUT2D eigenvalue weighted by atomic mass is 28.4. The molecule has 0 amide bonds. The number of hydrogen-bond donors (Lipinski definition) is 1. The average Bonchev–Trinajstić information content (AvgIpc) is 2.33. The summed E-state index contributed by atoms with van der Waals surface area (Å²) >= 11 is 0. The number of nitrogens with zero attached hydrogens (tertiary/aromatic N) is 3. The smallest absolute Gasteiger partial charge is 0.192 e. The third-order valence-corrected chi connectivity index (χ3v) is 8.72. The van der Waals surface area contributed by atoms with Crippen LogP contribution in [0.3, 0.4) is 0 Å². The van der Waals surface area contributed by atoms with Crippen molar-refractivity contribution < 1.29 is 14.3 Å². The molecule has 22 heavy (non-hydrogen) atoms. The van der Waals surface area contributed by atoms with Crippen LogP contribution in [-0.4, -0.2) is 37.5 Å². The minimum atomic E-state index is -2.06. The van der Waals surface area contributed by atoms with Crippen LogP contribution in [0.15, 0.2) is 5.11 Å². The number of ketones is 1. The van der Waals surface area contributed by atoms with Crippen molar-refractivity contribution >= 4 is 14.1 Å². The zero-order valence-corrected chi connectivity index (χ0v) is 16.2. The van der Waals surface area contributed by atoms with E-state index in [1.165, 1.54) is 6.92 Å². The van der Waals surface area contributed by atoms with E-state index in [0.717, 1.165) is 0 Å². The molecule has 0 aromatic carbocycles. The molecule has 0 saturated heterocycles. The van der Waals surface area contributed by atoms with Gasteiger partial charge in [-0.05, 0) is 42.9 Å². The van der Waals surface area contributed by atoms with Crippen molar-refractivity contribution in [3.8, 4) is 0 Å². The molecule has 2 atom stereocenters. The Morgan fingerprint density at radius 3 is 2.18 bits per heavy atom. The van der Waals surface area contributed by atoms with E-state index < -0.39 is 25.7 Å². The van der Waals surface area contributed by atoms with Crippen molar-refractivity contribution in [2.75, 3.05) is 6.61 Å². The molecule has 0 bridgehead atoms. The maximum atomic E-state index is 12.5. The predicted molar refractivity (Wildman–Crippen MR) is 91.2 cm³/mol. The normalized spacial score (nSPS) is 16.8. The van der Waals surface area contributed by atoms with Crippen LogP contribution in [0.2, 0.25) is 18.1 Å². The molecule has 7 heteroatoms. The van der Waals surface area contributed by atoms with E-state index in [-0.39, 0.29) is 17.6 Å². The van der Waals surface area contributed by atoms with Gasteiger partial charge in [0.1, 0.15) is 5.60 Å². The zero-order valence-electron chi connectivity index (χ0n) is 15.2. The van der Waals surface area contributed by atoms with Gasteiger partial charge in [0.2, 0.25) is 0 Å². The summed E-state index contributed by atoms with van der Waals surface area (Å²) in [5.41, 5.74) is 6.98. The Kier molecular flexibility index (Phi) is 7.29. The highest BCUT2D eigenvalue weighted by Gasteiger charge is 2.42. The molecular weight excluding hydrogens is 298 g/mol. The second kappa shape index (κ2) is 7.59. The fourth-order valence-corrected chi connectivity index (χ4v) is 2.76. The van der Waals surface area contributed by atoms with Gasteiger partial charge < -0.3 is 9.53 Å². The van der Waals surface area contributed by atoms with E-state index in [1.54, 1.807) is 0 Å². The molecule has 0 aliphatic rings. The van der Waals surface area contributed by atoms with Crippen LogP contribution in [0.4, 0.5) is 0 Å². The van der Waals surface area contributed by atoms with Gasteiger partial charge in [0.05, 0.1) is 12.6 Å². The van der Waals surface area contributed by atoms with E-state index in [2.05, 4.69) is 43.9 Å². The maximum Gasteiger partial charge on any atom is 0.192 e. The first kappa shape index (κ1) is 21.1. The summed E-state index contributed by atoms with van der Waals surface area (Å²) < 4.78 is 5.95. The lowest BCUT2D eigenvalue weighted by atomic mass is 9.91.